The highest BCUT2D eigenvalue weighted by atomic mass is 19.4. The van der Waals surface area contributed by atoms with Crippen LogP contribution in [-0.2, 0) is 0 Å². The lowest BCUT2D eigenvalue weighted by molar-refractivity contribution is -0.192. The van der Waals surface area contributed by atoms with Gasteiger partial charge in [0, 0.05) is 0 Å². The predicted molar refractivity (Wildman–Crippen MR) is 37.3 cm³/mol. The number of alkyl halides is 3. The molecule has 0 aromatic carbocycles. The van der Waals surface area contributed by atoms with E-state index in [-0.39, 0.29) is 0 Å². The van der Waals surface area contributed by atoms with Gasteiger partial charge in [0.2, 0.25) is 0 Å². The van der Waals surface area contributed by atoms with Gasteiger partial charge in [0.15, 0.2) is 6.04 Å². The molecule has 78 valence electrons. The van der Waals surface area contributed by atoms with Crippen LogP contribution in [0.1, 0.15) is 13.8 Å². The minimum atomic E-state index is -4.81. The summed E-state index contributed by atoms with van der Waals surface area (Å²) in [5.41, 5.74) is -2.18. The molecule has 0 aromatic heterocycles. The fraction of sp³-hybridized carbons (Fsp3) is 0.833. The van der Waals surface area contributed by atoms with Crippen molar-refractivity contribution < 1.29 is 28.2 Å². The van der Waals surface area contributed by atoms with Crippen molar-refractivity contribution in [2.45, 2.75) is 31.7 Å². The second-order valence-electron chi connectivity index (χ2n) is 3.08. The lowest BCUT2D eigenvalue weighted by atomic mass is 9.99. The third-order valence-corrected chi connectivity index (χ3v) is 1.30. The van der Waals surface area contributed by atoms with E-state index in [0.29, 0.717) is 0 Å². The average molecular weight is 201 g/mol. The normalized spacial score (nSPS) is 15.2. The maximum Gasteiger partial charge on any atom is 0.411 e. The summed E-state index contributed by atoms with van der Waals surface area (Å²) in [6.07, 6.45) is -6.64. The van der Waals surface area contributed by atoms with Gasteiger partial charge >= 0.3 is 12.3 Å². The smallest absolute Gasteiger partial charge is 0.411 e. The van der Waals surface area contributed by atoms with Crippen molar-refractivity contribution in [3.63, 3.8) is 0 Å². The molecule has 0 radical (unpaired) electrons. The van der Waals surface area contributed by atoms with Gasteiger partial charge in [0.05, 0.1) is 5.60 Å². The van der Waals surface area contributed by atoms with E-state index >= 15 is 0 Å². The highest BCUT2D eigenvalue weighted by molar-refractivity contribution is 5.65. The zero-order chi connectivity index (χ0) is 10.9. The molecule has 0 aliphatic carbocycles. The summed E-state index contributed by atoms with van der Waals surface area (Å²) in [6, 6.07) is -2.49. The van der Waals surface area contributed by atoms with Crippen molar-refractivity contribution in [3.8, 4) is 0 Å². The van der Waals surface area contributed by atoms with Crippen LogP contribution in [0.25, 0.3) is 0 Å². The SMILES string of the molecule is CC(C)(O)C(NC(=O)O)C(F)(F)F. The fourth-order valence-electron chi connectivity index (χ4n) is 0.782. The molecule has 1 amide bonds. The molecule has 0 spiro atoms. The molecule has 0 aliphatic rings. The Balaban J connectivity index is 4.68. The van der Waals surface area contributed by atoms with Gasteiger partial charge in [-0.1, -0.05) is 0 Å². The summed E-state index contributed by atoms with van der Waals surface area (Å²) in [4.78, 5) is 9.98. The minimum absolute atomic E-state index is 0.876. The average Bonchev–Trinajstić information content (AvgIpc) is 1.77. The first-order chi connectivity index (χ1) is 5.55. The number of nitrogens with one attached hydrogen (secondary N) is 1. The molecule has 4 nitrogen and oxygen atoms in total. The van der Waals surface area contributed by atoms with Crippen LogP contribution in [0.15, 0.2) is 0 Å². The van der Waals surface area contributed by atoms with Gasteiger partial charge in [-0.15, -0.1) is 0 Å². The maximum absolute atomic E-state index is 12.1. The molecule has 0 saturated carbocycles. The maximum atomic E-state index is 12.1. The molecule has 1 atom stereocenters. The number of hydrogen-bond donors (Lipinski definition) is 3. The number of aliphatic hydroxyl groups is 1. The van der Waals surface area contributed by atoms with E-state index in [9.17, 15) is 18.0 Å². The zero-order valence-corrected chi connectivity index (χ0v) is 7.01. The highest BCUT2D eigenvalue weighted by Gasteiger charge is 2.49. The monoisotopic (exact) mass is 201 g/mol. The summed E-state index contributed by atoms with van der Waals surface area (Å²) >= 11 is 0. The molecule has 0 saturated heterocycles. The molecule has 0 aromatic rings. The lowest BCUT2D eigenvalue weighted by Gasteiger charge is -2.30. The van der Waals surface area contributed by atoms with E-state index in [1.165, 1.54) is 5.32 Å². The van der Waals surface area contributed by atoms with Gasteiger partial charge in [-0.05, 0) is 13.8 Å². The van der Waals surface area contributed by atoms with E-state index in [2.05, 4.69) is 0 Å². The van der Waals surface area contributed by atoms with E-state index in [1.807, 2.05) is 0 Å². The number of rotatable bonds is 2. The molecular formula is C6H10F3NO3. The van der Waals surface area contributed by atoms with Crippen molar-refractivity contribution in [1.29, 1.82) is 0 Å². The van der Waals surface area contributed by atoms with Crippen LogP contribution in [0.5, 0.6) is 0 Å². The summed E-state index contributed by atoms with van der Waals surface area (Å²) in [5, 5.41) is 18.3. The molecule has 13 heavy (non-hydrogen) atoms. The zero-order valence-electron chi connectivity index (χ0n) is 7.01. The van der Waals surface area contributed by atoms with Gasteiger partial charge < -0.3 is 15.5 Å². The van der Waals surface area contributed by atoms with E-state index in [1.54, 1.807) is 0 Å². The van der Waals surface area contributed by atoms with E-state index < -0.39 is 23.9 Å². The number of carboxylic acid groups (broad SMARTS) is 1. The third-order valence-electron chi connectivity index (χ3n) is 1.30. The Bertz CT molecular complexity index is 182. The summed E-state index contributed by atoms with van der Waals surface area (Å²) in [7, 11) is 0. The van der Waals surface area contributed by atoms with Crippen molar-refractivity contribution in [2.75, 3.05) is 0 Å². The number of halogens is 3. The summed E-state index contributed by atoms with van der Waals surface area (Å²) < 4.78 is 36.3. The Labute approximate surface area is 72.4 Å². The number of hydrogen-bond acceptors (Lipinski definition) is 2. The van der Waals surface area contributed by atoms with Crippen LogP contribution >= 0.6 is 0 Å². The van der Waals surface area contributed by atoms with Crippen LogP contribution in [0.4, 0.5) is 18.0 Å². The lowest BCUT2D eigenvalue weighted by Crippen LogP contribution is -2.57. The third kappa shape index (κ3) is 3.97. The van der Waals surface area contributed by atoms with Crippen molar-refractivity contribution in [2.24, 2.45) is 0 Å². The Hall–Kier alpha value is -0.980. The Kier molecular flexibility index (Phi) is 3.15. The minimum Gasteiger partial charge on any atom is -0.465 e. The van der Waals surface area contributed by atoms with Gasteiger partial charge in [-0.3, -0.25) is 0 Å². The molecule has 0 fully saturated rings. The Morgan fingerprint density at radius 2 is 1.77 bits per heavy atom. The molecule has 1 unspecified atom stereocenters. The van der Waals surface area contributed by atoms with Crippen molar-refractivity contribution >= 4 is 6.09 Å². The molecule has 7 heteroatoms. The quantitative estimate of drug-likeness (QED) is 0.623. The topological polar surface area (TPSA) is 69.6 Å². The summed E-state index contributed by atoms with van der Waals surface area (Å²) in [6.45, 7) is 1.75. The van der Waals surface area contributed by atoms with Gasteiger partial charge in [-0.2, -0.15) is 13.2 Å². The van der Waals surface area contributed by atoms with Crippen LogP contribution in [0.2, 0.25) is 0 Å². The van der Waals surface area contributed by atoms with Gasteiger partial charge in [0.25, 0.3) is 0 Å². The first-order valence-electron chi connectivity index (χ1n) is 3.33. The van der Waals surface area contributed by atoms with Gasteiger partial charge in [-0.25, -0.2) is 4.79 Å². The second-order valence-corrected chi connectivity index (χ2v) is 3.08. The molecule has 0 aliphatic heterocycles. The Morgan fingerprint density at radius 1 is 1.38 bits per heavy atom. The van der Waals surface area contributed by atoms with E-state index in [0.717, 1.165) is 13.8 Å². The molecule has 3 N–H and O–H groups in total. The van der Waals surface area contributed by atoms with Crippen molar-refractivity contribution in [3.05, 3.63) is 0 Å². The first-order valence-corrected chi connectivity index (χ1v) is 3.33. The standard InChI is InChI=1S/C6H10F3NO3/c1-5(2,13)3(6(7,8)9)10-4(11)12/h3,10,13H,1-2H3,(H,11,12). The molecule has 0 bridgehead atoms. The first kappa shape index (κ1) is 12.0. The highest BCUT2D eigenvalue weighted by Crippen LogP contribution is 2.27. The molecule has 0 rings (SSSR count). The second kappa shape index (κ2) is 3.41. The number of carbonyl (C=O) groups is 1. The summed E-state index contributed by atoms with van der Waals surface area (Å²) in [5.74, 6) is 0. The van der Waals surface area contributed by atoms with Crippen molar-refractivity contribution in [1.82, 2.24) is 5.32 Å². The Morgan fingerprint density at radius 3 is 1.85 bits per heavy atom. The van der Waals surface area contributed by atoms with Crippen LogP contribution in [-0.4, -0.2) is 34.1 Å². The van der Waals surface area contributed by atoms with Crippen LogP contribution in [0.3, 0.4) is 0 Å². The van der Waals surface area contributed by atoms with E-state index in [4.69, 9.17) is 10.2 Å². The largest absolute Gasteiger partial charge is 0.465 e. The molecular weight excluding hydrogens is 191 g/mol. The predicted octanol–water partition coefficient (Wildman–Crippen LogP) is 0.956. The van der Waals surface area contributed by atoms with Gasteiger partial charge in [0.1, 0.15) is 0 Å². The van der Waals surface area contributed by atoms with Crippen LogP contribution < -0.4 is 5.32 Å². The van der Waals surface area contributed by atoms with Crippen LogP contribution in [0, 0.1) is 0 Å². The molecule has 0 heterocycles. The number of amides is 1. The fourth-order valence-corrected chi connectivity index (χ4v) is 0.782.